The van der Waals surface area contributed by atoms with Crippen molar-refractivity contribution in [1.29, 1.82) is 0 Å². The summed E-state index contributed by atoms with van der Waals surface area (Å²) in [4.78, 5) is 7.01. The average molecular weight is 441 g/mol. The largest absolute Gasteiger partial charge is 0.352 e. The molecule has 0 bridgehead atoms. The van der Waals surface area contributed by atoms with Gasteiger partial charge in [-0.05, 0) is 67.7 Å². The number of thiocarbonyl (C=S) groups is 1. The zero-order valence-electron chi connectivity index (χ0n) is 18.7. The number of hydrogen-bond acceptors (Lipinski definition) is 2. The van der Waals surface area contributed by atoms with Crippen molar-refractivity contribution < 1.29 is 0 Å². The van der Waals surface area contributed by atoms with Crippen LogP contribution < -0.4 is 5.32 Å². The first-order chi connectivity index (χ1) is 15.6. The Morgan fingerprint density at radius 1 is 1.00 bits per heavy atom. The number of pyridine rings is 1. The van der Waals surface area contributed by atoms with Gasteiger partial charge in [0.15, 0.2) is 5.11 Å². The van der Waals surface area contributed by atoms with Crippen LogP contribution in [-0.2, 0) is 0 Å². The number of rotatable bonds is 5. The number of fused-ring (bicyclic) bond motifs is 1. The van der Waals surface area contributed by atoms with Gasteiger partial charge in [-0.25, -0.2) is 0 Å². The van der Waals surface area contributed by atoms with Crippen LogP contribution in [0.4, 0.5) is 0 Å². The Labute approximate surface area is 194 Å². The molecule has 4 nitrogen and oxygen atoms in total. The quantitative estimate of drug-likeness (QED) is 0.385. The molecule has 5 heteroatoms. The molecule has 1 N–H and O–H groups in total. The second kappa shape index (κ2) is 8.40. The van der Waals surface area contributed by atoms with Crippen LogP contribution in [0.15, 0.2) is 72.9 Å². The van der Waals surface area contributed by atoms with Gasteiger partial charge in [-0.3, -0.25) is 4.98 Å². The molecule has 2 atom stereocenters. The van der Waals surface area contributed by atoms with Crippen molar-refractivity contribution in [2.75, 3.05) is 6.54 Å². The number of nitrogens with one attached hydrogen (secondary N) is 1. The number of benzene rings is 2. The minimum atomic E-state index is 0.0247. The van der Waals surface area contributed by atoms with Gasteiger partial charge in [0.25, 0.3) is 0 Å². The van der Waals surface area contributed by atoms with Gasteiger partial charge < -0.3 is 14.8 Å². The van der Waals surface area contributed by atoms with Crippen molar-refractivity contribution in [3.8, 4) is 5.69 Å². The highest BCUT2D eigenvalue weighted by Gasteiger charge is 2.41. The maximum Gasteiger partial charge on any atom is 0.170 e. The van der Waals surface area contributed by atoms with E-state index in [1.165, 1.54) is 33.4 Å². The summed E-state index contributed by atoms with van der Waals surface area (Å²) >= 11 is 5.78. The Balaban J connectivity index is 1.67. The normalized spacial score (nSPS) is 18.3. The van der Waals surface area contributed by atoms with Gasteiger partial charge in [0.05, 0.1) is 23.5 Å². The van der Waals surface area contributed by atoms with Crippen molar-refractivity contribution in [2.24, 2.45) is 0 Å². The summed E-state index contributed by atoms with van der Waals surface area (Å²) in [6, 6.07) is 23.7. The van der Waals surface area contributed by atoms with E-state index in [9.17, 15) is 0 Å². The molecular weight excluding hydrogens is 412 g/mol. The number of nitrogens with zero attached hydrogens (tertiary/aromatic N) is 3. The van der Waals surface area contributed by atoms with Crippen molar-refractivity contribution in [2.45, 2.75) is 39.3 Å². The molecule has 1 saturated heterocycles. The Morgan fingerprint density at radius 3 is 2.56 bits per heavy atom. The first-order valence-corrected chi connectivity index (χ1v) is 11.7. The summed E-state index contributed by atoms with van der Waals surface area (Å²) in [6.07, 6.45) is 2.90. The highest BCUT2D eigenvalue weighted by Crippen LogP contribution is 2.41. The van der Waals surface area contributed by atoms with Crippen LogP contribution >= 0.6 is 12.2 Å². The minimum absolute atomic E-state index is 0.0247. The van der Waals surface area contributed by atoms with Crippen LogP contribution in [-0.4, -0.2) is 26.1 Å². The molecule has 0 spiro atoms. The fourth-order valence-corrected chi connectivity index (χ4v) is 5.42. The number of hydrogen-bond donors (Lipinski definition) is 1. The first kappa shape index (κ1) is 20.7. The fraction of sp³-hybridized carbons (Fsp3) is 0.259. The van der Waals surface area contributed by atoms with Gasteiger partial charge >= 0.3 is 0 Å². The molecule has 0 aliphatic carbocycles. The Hall–Kier alpha value is -3.18. The maximum atomic E-state index is 5.78. The Kier molecular flexibility index (Phi) is 5.43. The van der Waals surface area contributed by atoms with E-state index < -0.39 is 0 Å². The molecule has 0 saturated carbocycles. The van der Waals surface area contributed by atoms with E-state index in [1.807, 2.05) is 18.3 Å². The Bertz CT molecular complexity index is 1270. The highest BCUT2D eigenvalue weighted by atomic mass is 32.1. The topological polar surface area (TPSA) is 33.1 Å². The van der Waals surface area contributed by atoms with Crippen LogP contribution in [0.3, 0.4) is 0 Å². The fourth-order valence-electron chi connectivity index (χ4n) is 5.09. The Morgan fingerprint density at radius 2 is 1.78 bits per heavy atom. The third kappa shape index (κ3) is 3.37. The summed E-state index contributed by atoms with van der Waals surface area (Å²) in [6.45, 7) is 7.54. The maximum absolute atomic E-state index is 5.78. The first-order valence-electron chi connectivity index (χ1n) is 11.2. The van der Waals surface area contributed by atoms with Gasteiger partial charge in [-0.1, -0.05) is 49.4 Å². The van der Waals surface area contributed by atoms with Gasteiger partial charge in [-0.15, -0.1) is 0 Å². The molecule has 0 unspecified atom stereocenters. The average Bonchev–Trinajstić information content (AvgIpc) is 3.29. The monoisotopic (exact) mass is 440 g/mol. The van der Waals surface area contributed by atoms with Gasteiger partial charge in [-0.2, -0.15) is 0 Å². The number of aryl methyl sites for hydroxylation is 1. The molecule has 1 aliphatic heterocycles. The molecular formula is C27H28N4S. The van der Waals surface area contributed by atoms with E-state index in [1.54, 1.807) is 0 Å². The molecule has 5 rings (SSSR count). The summed E-state index contributed by atoms with van der Waals surface area (Å²) in [5, 5.41) is 6.88. The van der Waals surface area contributed by atoms with E-state index in [2.05, 4.69) is 95.1 Å². The summed E-state index contributed by atoms with van der Waals surface area (Å²) in [5.41, 5.74) is 6.01. The predicted molar refractivity (Wildman–Crippen MR) is 135 cm³/mol. The van der Waals surface area contributed by atoms with Gasteiger partial charge in [0.1, 0.15) is 0 Å². The zero-order valence-corrected chi connectivity index (χ0v) is 19.6. The molecule has 0 radical (unpaired) electrons. The minimum Gasteiger partial charge on any atom is -0.352 e. The smallest absolute Gasteiger partial charge is 0.170 e. The van der Waals surface area contributed by atoms with Crippen LogP contribution in [0, 0.1) is 13.8 Å². The lowest BCUT2D eigenvalue weighted by Gasteiger charge is -2.28. The molecule has 2 aromatic carbocycles. The lowest BCUT2D eigenvalue weighted by Crippen LogP contribution is -2.30. The second-order valence-corrected chi connectivity index (χ2v) is 8.87. The van der Waals surface area contributed by atoms with Crippen molar-refractivity contribution in [3.05, 3.63) is 95.6 Å². The van der Waals surface area contributed by atoms with Gasteiger partial charge in [0.2, 0.25) is 0 Å². The van der Waals surface area contributed by atoms with E-state index in [0.717, 1.165) is 23.8 Å². The molecule has 4 aromatic rings. The van der Waals surface area contributed by atoms with Crippen LogP contribution in [0.1, 0.15) is 48.1 Å². The SMILES string of the molecule is CCCN1C(=S)N[C@H](c2ccccn2)[C@H]1c1cc(C)n(-c2cccc3ccccc23)c1C. The van der Waals surface area contributed by atoms with E-state index in [-0.39, 0.29) is 12.1 Å². The van der Waals surface area contributed by atoms with Crippen LogP contribution in [0.25, 0.3) is 16.5 Å². The lowest BCUT2D eigenvalue weighted by molar-refractivity contribution is 0.316. The van der Waals surface area contributed by atoms with Gasteiger partial charge in [0, 0.05) is 29.5 Å². The number of aromatic nitrogens is 2. The molecule has 162 valence electrons. The lowest BCUT2D eigenvalue weighted by atomic mass is 9.96. The van der Waals surface area contributed by atoms with E-state index in [0.29, 0.717) is 0 Å². The van der Waals surface area contributed by atoms with E-state index in [4.69, 9.17) is 12.2 Å². The molecule has 1 aliphatic rings. The molecule has 1 fully saturated rings. The summed E-state index contributed by atoms with van der Waals surface area (Å²) in [7, 11) is 0. The van der Waals surface area contributed by atoms with Crippen LogP contribution in [0.2, 0.25) is 0 Å². The summed E-state index contributed by atoms with van der Waals surface area (Å²) in [5.74, 6) is 0. The third-order valence-electron chi connectivity index (χ3n) is 6.46. The molecule has 32 heavy (non-hydrogen) atoms. The van der Waals surface area contributed by atoms with Crippen molar-refractivity contribution in [1.82, 2.24) is 19.8 Å². The predicted octanol–water partition coefficient (Wildman–Crippen LogP) is 6.02. The van der Waals surface area contributed by atoms with E-state index >= 15 is 0 Å². The van der Waals surface area contributed by atoms with Crippen molar-refractivity contribution >= 4 is 28.1 Å². The standard InChI is InChI=1S/C27H28N4S/c1-4-16-30-26(25(29-27(30)32)23-13-7-8-15-28-23)22-17-18(2)31(19(22)3)24-14-9-11-20-10-5-6-12-21(20)24/h5-15,17,25-26H,4,16H2,1-3H3,(H,29,32)/t25-,26-/m1/s1. The molecule has 3 heterocycles. The zero-order chi connectivity index (χ0) is 22.2. The summed E-state index contributed by atoms with van der Waals surface area (Å²) < 4.78 is 2.39. The second-order valence-electron chi connectivity index (χ2n) is 8.48. The third-order valence-corrected chi connectivity index (χ3v) is 6.81. The highest BCUT2D eigenvalue weighted by molar-refractivity contribution is 7.80. The molecule has 2 aromatic heterocycles. The van der Waals surface area contributed by atoms with Crippen molar-refractivity contribution in [3.63, 3.8) is 0 Å². The molecule has 0 amide bonds. The van der Waals surface area contributed by atoms with Crippen LogP contribution in [0.5, 0.6) is 0 Å².